The number of hydrogen-bond donors (Lipinski definition) is 1. The Morgan fingerprint density at radius 2 is 1.57 bits per heavy atom. The number of hydrogen-bond acceptors (Lipinski definition) is 3. The molecule has 3 rings (SSSR count). The molecule has 0 atom stereocenters. The van der Waals surface area contributed by atoms with Crippen LogP contribution >= 0.6 is 0 Å². The third kappa shape index (κ3) is 5.48. The van der Waals surface area contributed by atoms with Crippen molar-refractivity contribution in [2.24, 2.45) is 0 Å². The van der Waals surface area contributed by atoms with Gasteiger partial charge in [0.25, 0.3) is 5.91 Å². The van der Waals surface area contributed by atoms with Crippen molar-refractivity contribution in [1.29, 1.82) is 0 Å². The van der Waals surface area contributed by atoms with Crippen LogP contribution in [0.5, 0.6) is 11.5 Å². The van der Waals surface area contributed by atoms with Gasteiger partial charge in [-0.3, -0.25) is 4.79 Å². The molecule has 1 N–H and O–H groups in total. The summed E-state index contributed by atoms with van der Waals surface area (Å²) in [6.45, 7) is 6.59. The van der Waals surface area contributed by atoms with Crippen LogP contribution in [0.15, 0.2) is 91.0 Å². The third-order valence-electron chi connectivity index (χ3n) is 3.97. The highest BCUT2D eigenvalue weighted by molar-refractivity contribution is 6.06. The third-order valence-corrected chi connectivity index (χ3v) is 3.97. The molecule has 0 unspecified atom stereocenters. The summed E-state index contributed by atoms with van der Waals surface area (Å²) < 4.78 is 11.4. The number of carbonyl (C=O) groups excluding carboxylic acids is 1. The summed E-state index contributed by atoms with van der Waals surface area (Å²) in [5.74, 6) is 1.05. The van der Waals surface area contributed by atoms with E-state index in [1.54, 1.807) is 24.3 Å². The number of ether oxygens (including phenoxy) is 2. The summed E-state index contributed by atoms with van der Waals surface area (Å²) >= 11 is 0. The Bertz CT molecular complexity index is 934. The van der Waals surface area contributed by atoms with Gasteiger partial charge in [-0.05, 0) is 54.5 Å². The summed E-state index contributed by atoms with van der Waals surface area (Å²) in [6.07, 6.45) is 0. The van der Waals surface area contributed by atoms with Crippen molar-refractivity contribution in [2.75, 3.05) is 11.9 Å². The maximum absolute atomic E-state index is 12.7. The van der Waals surface area contributed by atoms with Crippen LogP contribution < -0.4 is 14.8 Å². The smallest absolute Gasteiger partial charge is 0.259 e. The lowest BCUT2D eigenvalue weighted by molar-refractivity contribution is 0.102. The van der Waals surface area contributed by atoms with Crippen LogP contribution in [0.25, 0.3) is 0 Å². The van der Waals surface area contributed by atoms with E-state index in [2.05, 4.69) is 11.9 Å². The molecular formula is C24H23NO3. The van der Waals surface area contributed by atoms with Gasteiger partial charge in [-0.25, -0.2) is 0 Å². The minimum atomic E-state index is -0.223. The van der Waals surface area contributed by atoms with Gasteiger partial charge in [0.1, 0.15) is 24.7 Å². The quantitative estimate of drug-likeness (QED) is 0.532. The zero-order valence-electron chi connectivity index (χ0n) is 15.9. The van der Waals surface area contributed by atoms with Gasteiger partial charge in [-0.2, -0.15) is 0 Å². The van der Waals surface area contributed by atoms with Crippen LogP contribution in [-0.2, 0) is 6.61 Å². The molecular weight excluding hydrogens is 350 g/mol. The van der Waals surface area contributed by atoms with Crippen molar-refractivity contribution in [3.05, 3.63) is 102 Å². The lowest BCUT2D eigenvalue weighted by Gasteiger charge is -2.12. The van der Waals surface area contributed by atoms with Crippen molar-refractivity contribution >= 4 is 11.6 Å². The number of benzene rings is 3. The van der Waals surface area contributed by atoms with E-state index in [1.165, 1.54) is 0 Å². The molecule has 28 heavy (non-hydrogen) atoms. The molecule has 0 spiro atoms. The predicted molar refractivity (Wildman–Crippen MR) is 112 cm³/mol. The SMILES string of the molecule is C=C(C)COc1ccc(NC(=O)c2ccccc2OCc2ccccc2)cc1. The van der Waals surface area contributed by atoms with Gasteiger partial charge in [-0.1, -0.05) is 49.0 Å². The first-order chi connectivity index (χ1) is 13.6. The number of amides is 1. The van der Waals surface area contributed by atoms with Gasteiger partial charge in [-0.15, -0.1) is 0 Å². The molecule has 0 bridgehead atoms. The second-order valence-corrected chi connectivity index (χ2v) is 6.49. The van der Waals surface area contributed by atoms with E-state index >= 15 is 0 Å². The Morgan fingerprint density at radius 1 is 0.893 bits per heavy atom. The van der Waals surface area contributed by atoms with E-state index < -0.39 is 0 Å². The van der Waals surface area contributed by atoms with Crippen molar-refractivity contribution in [3.63, 3.8) is 0 Å². The molecule has 0 aliphatic rings. The van der Waals surface area contributed by atoms with Crippen LogP contribution in [0.1, 0.15) is 22.8 Å². The molecule has 0 aromatic heterocycles. The normalized spacial score (nSPS) is 10.2. The Labute approximate surface area is 165 Å². The number of carbonyl (C=O) groups is 1. The van der Waals surface area contributed by atoms with Crippen molar-refractivity contribution < 1.29 is 14.3 Å². The Kier molecular flexibility index (Phi) is 6.47. The molecule has 0 saturated carbocycles. The zero-order valence-corrected chi connectivity index (χ0v) is 15.9. The number of nitrogens with one attached hydrogen (secondary N) is 1. The van der Waals surface area contributed by atoms with Crippen molar-refractivity contribution in [1.82, 2.24) is 0 Å². The first kappa shape index (κ1) is 19.2. The summed E-state index contributed by atoms with van der Waals surface area (Å²) in [4.78, 5) is 12.7. The standard InChI is InChI=1S/C24H23NO3/c1-18(2)16-27-21-14-12-20(13-15-21)25-24(26)22-10-6-7-11-23(22)28-17-19-8-4-3-5-9-19/h3-15H,1,16-17H2,2H3,(H,25,26). The van der Waals surface area contributed by atoms with Gasteiger partial charge >= 0.3 is 0 Å². The van der Waals surface area contributed by atoms with Gasteiger partial charge in [0.2, 0.25) is 0 Å². The molecule has 0 aliphatic heterocycles. The summed E-state index contributed by atoms with van der Waals surface area (Å²) in [6, 6.07) is 24.3. The molecule has 0 fully saturated rings. The predicted octanol–water partition coefficient (Wildman–Crippen LogP) is 5.47. The van der Waals surface area contributed by atoms with Crippen LogP contribution in [0.3, 0.4) is 0 Å². The Balaban J connectivity index is 1.65. The van der Waals surface area contributed by atoms with Crippen LogP contribution in [0.4, 0.5) is 5.69 Å². The Morgan fingerprint density at radius 3 is 2.29 bits per heavy atom. The second kappa shape index (κ2) is 9.42. The summed E-state index contributed by atoms with van der Waals surface area (Å²) in [7, 11) is 0. The molecule has 0 saturated heterocycles. The van der Waals surface area contributed by atoms with Gasteiger partial charge in [0.15, 0.2) is 0 Å². The van der Waals surface area contributed by atoms with Crippen LogP contribution in [0.2, 0.25) is 0 Å². The molecule has 4 nitrogen and oxygen atoms in total. The maximum Gasteiger partial charge on any atom is 0.259 e. The first-order valence-electron chi connectivity index (χ1n) is 9.06. The topological polar surface area (TPSA) is 47.6 Å². The van der Waals surface area contributed by atoms with E-state index in [1.807, 2.05) is 61.5 Å². The van der Waals surface area contributed by atoms with E-state index in [4.69, 9.17) is 9.47 Å². The van der Waals surface area contributed by atoms with Crippen molar-refractivity contribution in [2.45, 2.75) is 13.5 Å². The average Bonchev–Trinajstić information content (AvgIpc) is 2.72. The fourth-order valence-electron chi connectivity index (χ4n) is 2.55. The molecule has 4 heteroatoms. The van der Waals surface area contributed by atoms with Crippen LogP contribution in [-0.4, -0.2) is 12.5 Å². The van der Waals surface area contributed by atoms with Crippen molar-refractivity contribution in [3.8, 4) is 11.5 Å². The van der Waals surface area contributed by atoms with E-state index in [-0.39, 0.29) is 5.91 Å². The number of para-hydroxylation sites is 1. The summed E-state index contributed by atoms with van der Waals surface area (Å²) in [5, 5.41) is 2.90. The van der Waals surface area contributed by atoms with Gasteiger partial charge in [0.05, 0.1) is 5.56 Å². The molecule has 142 valence electrons. The fraction of sp³-hybridized carbons (Fsp3) is 0.125. The van der Waals surface area contributed by atoms with Gasteiger partial charge in [0, 0.05) is 5.69 Å². The lowest BCUT2D eigenvalue weighted by Crippen LogP contribution is -2.13. The largest absolute Gasteiger partial charge is 0.489 e. The van der Waals surface area contributed by atoms with E-state index in [0.29, 0.717) is 30.2 Å². The van der Waals surface area contributed by atoms with E-state index in [0.717, 1.165) is 16.9 Å². The molecule has 3 aromatic rings. The highest BCUT2D eigenvalue weighted by Crippen LogP contribution is 2.22. The number of rotatable bonds is 8. The number of anilines is 1. The fourth-order valence-corrected chi connectivity index (χ4v) is 2.55. The van der Waals surface area contributed by atoms with Crippen LogP contribution in [0, 0.1) is 0 Å². The minimum absolute atomic E-state index is 0.223. The maximum atomic E-state index is 12.7. The highest BCUT2D eigenvalue weighted by atomic mass is 16.5. The highest BCUT2D eigenvalue weighted by Gasteiger charge is 2.12. The molecule has 1 amide bonds. The average molecular weight is 373 g/mol. The Hall–Kier alpha value is -3.53. The molecule has 0 heterocycles. The monoisotopic (exact) mass is 373 g/mol. The van der Waals surface area contributed by atoms with E-state index in [9.17, 15) is 4.79 Å². The second-order valence-electron chi connectivity index (χ2n) is 6.49. The molecule has 0 radical (unpaired) electrons. The first-order valence-corrected chi connectivity index (χ1v) is 9.06. The lowest BCUT2D eigenvalue weighted by atomic mass is 10.1. The van der Waals surface area contributed by atoms with Gasteiger partial charge < -0.3 is 14.8 Å². The summed E-state index contributed by atoms with van der Waals surface area (Å²) in [5.41, 5.74) is 3.17. The zero-order chi connectivity index (χ0) is 19.8. The molecule has 0 aliphatic carbocycles. The molecule has 3 aromatic carbocycles. The minimum Gasteiger partial charge on any atom is -0.489 e.